The summed E-state index contributed by atoms with van der Waals surface area (Å²) in [7, 11) is 1.58. The van der Waals surface area contributed by atoms with Crippen molar-refractivity contribution >= 4 is 5.82 Å². The number of rotatable bonds is 4. The second-order valence-electron chi connectivity index (χ2n) is 3.48. The van der Waals surface area contributed by atoms with Gasteiger partial charge in [-0.1, -0.05) is 0 Å². The van der Waals surface area contributed by atoms with Crippen LogP contribution in [0.2, 0.25) is 0 Å². The highest BCUT2D eigenvalue weighted by molar-refractivity contribution is 5.68. The number of nitrogen functional groups attached to an aromatic ring is 1. The van der Waals surface area contributed by atoms with Gasteiger partial charge in [-0.15, -0.1) is 0 Å². The highest BCUT2D eigenvalue weighted by atomic mass is 16.5. The lowest BCUT2D eigenvalue weighted by Gasteiger charge is -2.04. The zero-order chi connectivity index (χ0) is 12.3. The molecule has 2 heterocycles. The number of nitrogens with two attached hydrogens (primary N) is 1. The van der Waals surface area contributed by atoms with Crippen LogP contribution < -0.4 is 10.5 Å². The molecule has 0 saturated carbocycles. The Morgan fingerprint density at radius 3 is 3.06 bits per heavy atom. The molecule has 3 N–H and O–H groups in total. The van der Waals surface area contributed by atoms with Crippen LogP contribution in [0.5, 0.6) is 5.75 Å². The maximum atomic E-state index is 8.87. The molecule has 0 bridgehead atoms. The lowest BCUT2D eigenvalue weighted by Crippen LogP contribution is -2.07. The van der Waals surface area contributed by atoms with E-state index in [9.17, 15) is 0 Å². The van der Waals surface area contributed by atoms with Gasteiger partial charge in [0.05, 0.1) is 32.2 Å². The van der Waals surface area contributed by atoms with E-state index in [1.54, 1.807) is 30.3 Å². The van der Waals surface area contributed by atoms with Crippen molar-refractivity contribution in [3.63, 3.8) is 0 Å². The van der Waals surface area contributed by atoms with Gasteiger partial charge in [-0.05, 0) is 6.07 Å². The van der Waals surface area contributed by atoms with Gasteiger partial charge in [0.15, 0.2) is 0 Å². The van der Waals surface area contributed by atoms with Crippen LogP contribution in [0, 0.1) is 0 Å². The summed E-state index contributed by atoms with van der Waals surface area (Å²) in [4.78, 5) is 3.98. The van der Waals surface area contributed by atoms with E-state index >= 15 is 0 Å². The van der Waals surface area contributed by atoms with Crippen molar-refractivity contribution in [3.05, 3.63) is 24.5 Å². The SMILES string of the molecule is COc1cnccc1-c1cc(N)n(CCO)n1. The van der Waals surface area contributed by atoms with Gasteiger partial charge in [0.1, 0.15) is 11.6 Å². The third kappa shape index (κ3) is 2.21. The van der Waals surface area contributed by atoms with Crippen molar-refractivity contribution in [1.82, 2.24) is 14.8 Å². The van der Waals surface area contributed by atoms with E-state index in [1.807, 2.05) is 6.07 Å². The molecule has 0 saturated heterocycles. The Morgan fingerprint density at radius 1 is 1.53 bits per heavy atom. The monoisotopic (exact) mass is 234 g/mol. The minimum absolute atomic E-state index is 0.00119. The van der Waals surface area contributed by atoms with E-state index in [2.05, 4.69) is 10.1 Å². The van der Waals surface area contributed by atoms with E-state index in [-0.39, 0.29) is 6.61 Å². The quantitative estimate of drug-likeness (QED) is 0.805. The number of aromatic nitrogens is 3. The van der Waals surface area contributed by atoms with Gasteiger partial charge in [-0.25, -0.2) is 4.68 Å². The molecule has 0 unspecified atom stereocenters. The number of nitrogens with zero attached hydrogens (tertiary/aromatic N) is 3. The van der Waals surface area contributed by atoms with Gasteiger partial charge in [0, 0.05) is 17.8 Å². The summed E-state index contributed by atoms with van der Waals surface area (Å²) >= 11 is 0. The predicted octanol–water partition coefficient (Wildman–Crippen LogP) is 0.528. The third-order valence-electron chi connectivity index (χ3n) is 2.40. The number of aliphatic hydroxyl groups is 1. The zero-order valence-electron chi connectivity index (χ0n) is 9.50. The molecule has 2 rings (SSSR count). The Kier molecular flexibility index (Phi) is 3.24. The van der Waals surface area contributed by atoms with Crippen LogP contribution in [0.4, 0.5) is 5.82 Å². The summed E-state index contributed by atoms with van der Waals surface area (Å²) in [6, 6.07) is 3.55. The number of hydrogen-bond donors (Lipinski definition) is 2. The summed E-state index contributed by atoms with van der Waals surface area (Å²) in [6.45, 7) is 0.373. The summed E-state index contributed by atoms with van der Waals surface area (Å²) in [6.07, 6.45) is 3.29. The fourth-order valence-corrected chi connectivity index (χ4v) is 1.59. The number of anilines is 1. The molecule has 0 fully saturated rings. The molecule has 0 aliphatic carbocycles. The maximum absolute atomic E-state index is 8.87. The molecular formula is C11H14N4O2. The normalized spacial score (nSPS) is 10.5. The molecule has 6 heteroatoms. The molecule has 0 radical (unpaired) electrons. The van der Waals surface area contributed by atoms with Gasteiger partial charge in [0.2, 0.25) is 0 Å². The number of methoxy groups -OCH3 is 1. The van der Waals surface area contributed by atoms with Crippen molar-refractivity contribution in [2.75, 3.05) is 19.5 Å². The van der Waals surface area contributed by atoms with E-state index < -0.39 is 0 Å². The number of aliphatic hydroxyl groups excluding tert-OH is 1. The second-order valence-corrected chi connectivity index (χ2v) is 3.48. The van der Waals surface area contributed by atoms with Crippen LogP contribution in [-0.2, 0) is 6.54 Å². The highest BCUT2D eigenvalue weighted by Gasteiger charge is 2.11. The highest BCUT2D eigenvalue weighted by Crippen LogP contribution is 2.28. The summed E-state index contributed by atoms with van der Waals surface area (Å²) < 4.78 is 6.76. The number of ether oxygens (including phenoxy) is 1. The molecule has 0 aliphatic heterocycles. The number of pyridine rings is 1. The zero-order valence-corrected chi connectivity index (χ0v) is 9.50. The van der Waals surface area contributed by atoms with Gasteiger partial charge >= 0.3 is 0 Å². The van der Waals surface area contributed by atoms with Gasteiger partial charge in [0.25, 0.3) is 0 Å². The van der Waals surface area contributed by atoms with Crippen LogP contribution in [-0.4, -0.2) is 33.6 Å². The Morgan fingerprint density at radius 2 is 2.35 bits per heavy atom. The molecule has 2 aromatic rings. The van der Waals surface area contributed by atoms with Crippen LogP contribution in [0.15, 0.2) is 24.5 Å². The largest absolute Gasteiger partial charge is 0.494 e. The van der Waals surface area contributed by atoms with Crippen molar-refractivity contribution in [1.29, 1.82) is 0 Å². The standard InChI is InChI=1S/C11H14N4O2/c1-17-10-7-13-3-2-8(10)9-6-11(12)15(14-9)4-5-16/h2-3,6-7,16H,4-5,12H2,1H3. The molecule has 0 aromatic carbocycles. The fraction of sp³-hybridized carbons (Fsp3) is 0.273. The smallest absolute Gasteiger partial charge is 0.146 e. The first kappa shape index (κ1) is 11.4. The van der Waals surface area contributed by atoms with E-state index in [4.69, 9.17) is 15.6 Å². The fourth-order valence-electron chi connectivity index (χ4n) is 1.59. The summed E-state index contributed by atoms with van der Waals surface area (Å²) in [5.41, 5.74) is 7.32. The summed E-state index contributed by atoms with van der Waals surface area (Å²) in [5, 5.41) is 13.2. The lowest BCUT2D eigenvalue weighted by atomic mass is 10.2. The lowest BCUT2D eigenvalue weighted by molar-refractivity contribution is 0.270. The molecule has 0 spiro atoms. The van der Waals surface area contributed by atoms with Crippen molar-refractivity contribution in [2.24, 2.45) is 0 Å². The van der Waals surface area contributed by atoms with Crippen molar-refractivity contribution in [3.8, 4) is 17.0 Å². The Hall–Kier alpha value is -2.08. The van der Waals surface area contributed by atoms with Crippen LogP contribution in [0.3, 0.4) is 0 Å². The molecule has 17 heavy (non-hydrogen) atoms. The Bertz CT molecular complexity index is 510. The van der Waals surface area contributed by atoms with Gasteiger partial charge in [-0.2, -0.15) is 5.10 Å². The van der Waals surface area contributed by atoms with Crippen LogP contribution >= 0.6 is 0 Å². The Balaban J connectivity index is 2.42. The molecule has 2 aromatic heterocycles. The first-order valence-electron chi connectivity index (χ1n) is 5.19. The van der Waals surface area contributed by atoms with Crippen LogP contribution in [0.1, 0.15) is 0 Å². The average molecular weight is 234 g/mol. The van der Waals surface area contributed by atoms with E-state index in [0.717, 1.165) is 5.56 Å². The minimum atomic E-state index is -0.00119. The summed E-state index contributed by atoms with van der Waals surface area (Å²) in [5.74, 6) is 1.15. The topological polar surface area (TPSA) is 86.2 Å². The first-order valence-corrected chi connectivity index (χ1v) is 5.19. The number of hydrogen-bond acceptors (Lipinski definition) is 5. The van der Waals surface area contributed by atoms with E-state index in [0.29, 0.717) is 23.8 Å². The van der Waals surface area contributed by atoms with Crippen molar-refractivity contribution < 1.29 is 9.84 Å². The molecular weight excluding hydrogens is 220 g/mol. The molecule has 0 amide bonds. The van der Waals surface area contributed by atoms with Gasteiger partial charge in [-0.3, -0.25) is 4.98 Å². The molecule has 90 valence electrons. The predicted molar refractivity (Wildman–Crippen MR) is 63.5 cm³/mol. The van der Waals surface area contributed by atoms with Crippen LogP contribution in [0.25, 0.3) is 11.3 Å². The third-order valence-corrected chi connectivity index (χ3v) is 2.40. The van der Waals surface area contributed by atoms with Crippen molar-refractivity contribution in [2.45, 2.75) is 6.54 Å². The first-order chi connectivity index (χ1) is 8.26. The Labute approximate surface area is 98.7 Å². The average Bonchev–Trinajstić information content (AvgIpc) is 2.71. The molecule has 0 aliphatic rings. The van der Waals surface area contributed by atoms with Gasteiger partial charge < -0.3 is 15.6 Å². The van der Waals surface area contributed by atoms with E-state index in [1.165, 1.54) is 0 Å². The minimum Gasteiger partial charge on any atom is -0.494 e. The maximum Gasteiger partial charge on any atom is 0.146 e. The molecule has 0 atom stereocenters. The molecule has 6 nitrogen and oxygen atoms in total. The second kappa shape index (κ2) is 4.84.